The van der Waals surface area contributed by atoms with Gasteiger partial charge in [-0.1, -0.05) is 18.2 Å². The van der Waals surface area contributed by atoms with Crippen LogP contribution >= 0.6 is 0 Å². The third-order valence-corrected chi connectivity index (χ3v) is 7.22. The molecule has 1 aliphatic heterocycles. The van der Waals surface area contributed by atoms with Gasteiger partial charge in [0.1, 0.15) is 11.3 Å². The molecule has 1 amide bonds. The molecule has 5 rings (SSSR count). The molecule has 1 fully saturated rings. The van der Waals surface area contributed by atoms with Crippen LogP contribution in [0.5, 0.6) is 0 Å². The highest BCUT2D eigenvalue weighted by Gasteiger charge is 2.34. The van der Waals surface area contributed by atoms with E-state index >= 15 is 0 Å². The molecule has 42 heavy (non-hydrogen) atoms. The summed E-state index contributed by atoms with van der Waals surface area (Å²) in [6.45, 7) is 3.57. The lowest BCUT2D eigenvalue weighted by Gasteiger charge is -2.33. The molecule has 1 saturated heterocycles. The van der Waals surface area contributed by atoms with Gasteiger partial charge >= 0.3 is 12.1 Å². The molecular formula is C30H31F3N6O3. The number of esters is 1. The van der Waals surface area contributed by atoms with Crippen LogP contribution in [0.1, 0.15) is 37.5 Å². The molecule has 220 valence electrons. The van der Waals surface area contributed by atoms with Gasteiger partial charge in [0, 0.05) is 55.9 Å². The van der Waals surface area contributed by atoms with E-state index in [0.29, 0.717) is 42.2 Å². The number of pyridine rings is 1. The Hall–Kier alpha value is -4.42. The van der Waals surface area contributed by atoms with Crippen LogP contribution in [0.15, 0.2) is 60.8 Å². The van der Waals surface area contributed by atoms with Gasteiger partial charge in [-0.3, -0.25) is 9.69 Å². The molecule has 0 radical (unpaired) electrons. The maximum Gasteiger partial charge on any atom is 0.416 e. The Morgan fingerprint density at radius 3 is 2.55 bits per heavy atom. The Morgan fingerprint density at radius 1 is 1.02 bits per heavy atom. The minimum Gasteiger partial charge on any atom is -0.464 e. The average Bonchev–Trinajstić information content (AvgIpc) is 3.41. The first-order valence-corrected chi connectivity index (χ1v) is 13.4. The van der Waals surface area contributed by atoms with Crippen molar-refractivity contribution in [2.24, 2.45) is 0 Å². The molecule has 0 aliphatic carbocycles. The third kappa shape index (κ3) is 6.89. The summed E-state index contributed by atoms with van der Waals surface area (Å²) in [7, 11) is 3.29. The summed E-state index contributed by atoms with van der Waals surface area (Å²) in [6, 6.07) is 14.3. The van der Waals surface area contributed by atoms with E-state index < -0.39 is 23.6 Å². The van der Waals surface area contributed by atoms with E-state index in [4.69, 9.17) is 4.74 Å². The number of nitrogens with one attached hydrogen (secondary N) is 3. The van der Waals surface area contributed by atoms with E-state index in [-0.39, 0.29) is 17.8 Å². The molecule has 0 bridgehead atoms. The number of piperazine rings is 1. The summed E-state index contributed by atoms with van der Waals surface area (Å²) in [6.07, 6.45) is -2.94. The van der Waals surface area contributed by atoms with Gasteiger partial charge in [-0.05, 0) is 54.6 Å². The minimum atomic E-state index is -4.55. The Labute approximate surface area is 240 Å². The van der Waals surface area contributed by atoms with Crippen molar-refractivity contribution >= 4 is 34.3 Å². The second-order valence-electron chi connectivity index (χ2n) is 10.3. The van der Waals surface area contributed by atoms with Crippen molar-refractivity contribution in [3.63, 3.8) is 0 Å². The van der Waals surface area contributed by atoms with Crippen molar-refractivity contribution in [3.8, 4) is 0 Å². The maximum atomic E-state index is 13.9. The normalized spacial score (nSPS) is 14.6. The van der Waals surface area contributed by atoms with Gasteiger partial charge in [-0.25, -0.2) is 9.78 Å². The minimum absolute atomic E-state index is 0.0789. The zero-order chi connectivity index (χ0) is 29.9. The van der Waals surface area contributed by atoms with E-state index in [2.05, 4.69) is 25.5 Å². The molecule has 0 atom stereocenters. The number of H-pyrrole nitrogens is 1. The molecule has 4 aromatic rings. The SMILES string of the molecule is COC(=O)c1cc2cc(NCc3cccc(C(=O)Nc4ccc(CN5CCN(C)CC5)c(C(F)(F)F)c4)c3)cnc2[nH]1. The van der Waals surface area contributed by atoms with Crippen LogP contribution in [0.2, 0.25) is 0 Å². The van der Waals surface area contributed by atoms with Gasteiger partial charge in [-0.15, -0.1) is 0 Å². The summed E-state index contributed by atoms with van der Waals surface area (Å²) in [5.41, 5.74) is 2.15. The van der Waals surface area contributed by atoms with Crippen molar-refractivity contribution in [2.75, 3.05) is 51.0 Å². The Bertz CT molecular complexity index is 1590. The summed E-state index contributed by atoms with van der Waals surface area (Å²) in [5, 5.41) is 6.57. The number of carbonyl (C=O) groups is 2. The van der Waals surface area contributed by atoms with Crippen molar-refractivity contribution in [1.82, 2.24) is 19.8 Å². The predicted octanol–water partition coefficient (Wildman–Crippen LogP) is 4.98. The fraction of sp³-hybridized carbons (Fsp3) is 0.300. The fourth-order valence-electron chi connectivity index (χ4n) is 4.86. The van der Waals surface area contributed by atoms with Crippen molar-refractivity contribution < 1.29 is 27.5 Å². The number of alkyl halides is 3. The molecular weight excluding hydrogens is 549 g/mol. The molecule has 3 heterocycles. The summed E-state index contributed by atoms with van der Waals surface area (Å²) >= 11 is 0. The zero-order valence-electron chi connectivity index (χ0n) is 23.2. The van der Waals surface area contributed by atoms with Crippen LogP contribution in [-0.4, -0.2) is 72.0 Å². The number of rotatable bonds is 8. The molecule has 0 spiro atoms. The number of likely N-dealkylation sites (N-methyl/N-ethyl adjacent to an activating group) is 1. The lowest BCUT2D eigenvalue weighted by atomic mass is 10.0. The molecule has 9 nitrogen and oxygen atoms in total. The molecule has 3 N–H and O–H groups in total. The molecule has 0 saturated carbocycles. The van der Waals surface area contributed by atoms with E-state index in [1.165, 1.54) is 19.2 Å². The molecule has 0 unspecified atom stereocenters. The number of hydrogen-bond donors (Lipinski definition) is 3. The summed E-state index contributed by atoms with van der Waals surface area (Å²) < 4.78 is 46.6. The average molecular weight is 581 g/mol. The number of hydrogen-bond acceptors (Lipinski definition) is 7. The highest BCUT2D eigenvalue weighted by atomic mass is 19.4. The van der Waals surface area contributed by atoms with Gasteiger partial charge in [0.2, 0.25) is 0 Å². The first-order chi connectivity index (χ1) is 20.1. The van der Waals surface area contributed by atoms with E-state index in [1.54, 1.807) is 30.5 Å². The van der Waals surface area contributed by atoms with E-state index in [0.717, 1.165) is 30.1 Å². The smallest absolute Gasteiger partial charge is 0.416 e. The first-order valence-electron chi connectivity index (χ1n) is 13.4. The van der Waals surface area contributed by atoms with Crippen molar-refractivity contribution in [1.29, 1.82) is 0 Å². The number of anilines is 2. The maximum absolute atomic E-state index is 13.9. The standard InChI is InChI=1S/C30H31F3N6O3/c1-38-8-10-39(11-9-38)18-21-6-7-23(15-25(21)30(31,32)33)36-28(40)20-5-3-4-19(12-20)16-34-24-13-22-14-26(29(41)42-2)37-27(22)35-17-24/h3-7,12-15,17,34H,8-11,16,18H2,1-2H3,(H,35,37)(H,36,40). The van der Waals surface area contributed by atoms with Gasteiger partial charge in [0.15, 0.2) is 0 Å². The van der Waals surface area contributed by atoms with Gasteiger partial charge < -0.3 is 25.3 Å². The molecule has 2 aromatic heterocycles. The Morgan fingerprint density at radius 2 is 1.81 bits per heavy atom. The van der Waals surface area contributed by atoms with Gasteiger partial charge in [-0.2, -0.15) is 13.2 Å². The second-order valence-corrected chi connectivity index (χ2v) is 10.3. The largest absolute Gasteiger partial charge is 0.464 e. The number of methoxy groups -OCH3 is 1. The van der Waals surface area contributed by atoms with Crippen LogP contribution in [-0.2, 0) is 24.0 Å². The number of aromatic amines is 1. The van der Waals surface area contributed by atoms with Crippen LogP contribution in [0.25, 0.3) is 11.0 Å². The van der Waals surface area contributed by atoms with Crippen LogP contribution in [0.4, 0.5) is 24.5 Å². The number of carbonyl (C=O) groups excluding carboxylic acids is 2. The predicted molar refractivity (Wildman–Crippen MR) is 153 cm³/mol. The molecule has 12 heteroatoms. The first kappa shape index (κ1) is 29.1. The van der Waals surface area contributed by atoms with Gasteiger partial charge in [0.25, 0.3) is 5.91 Å². The van der Waals surface area contributed by atoms with Crippen LogP contribution in [0.3, 0.4) is 0 Å². The number of halogens is 3. The quantitative estimate of drug-likeness (QED) is 0.253. The number of fused-ring (bicyclic) bond motifs is 1. The highest BCUT2D eigenvalue weighted by Crippen LogP contribution is 2.35. The number of benzene rings is 2. The number of nitrogens with zero attached hydrogens (tertiary/aromatic N) is 3. The summed E-state index contributed by atoms with van der Waals surface area (Å²) in [4.78, 5) is 36.1. The Balaban J connectivity index is 1.25. The van der Waals surface area contributed by atoms with E-state index in [9.17, 15) is 22.8 Å². The molecule has 2 aromatic carbocycles. The van der Waals surface area contributed by atoms with E-state index in [1.807, 2.05) is 24.1 Å². The van der Waals surface area contributed by atoms with Crippen molar-refractivity contribution in [3.05, 3.63) is 88.7 Å². The second kappa shape index (κ2) is 12.2. The van der Waals surface area contributed by atoms with Crippen LogP contribution < -0.4 is 10.6 Å². The van der Waals surface area contributed by atoms with Gasteiger partial charge in [0.05, 0.1) is 24.6 Å². The summed E-state index contributed by atoms with van der Waals surface area (Å²) in [5.74, 6) is -1.00. The molecule has 1 aliphatic rings. The number of ether oxygens (including phenoxy) is 1. The van der Waals surface area contributed by atoms with Crippen molar-refractivity contribution in [2.45, 2.75) is 19.3 Å². The fourth-order valence-corrected chi connectivity index (χ4v) is 4.86. The lowest BCUT2D eigenvalue weighted by Crippen LogP contribution is -2.44. The van der Waals surface area contributed by atoms with Crippen LogP contribution in [0, 0.1) is 0 Å². The zero-order valence-corrected chi connectivity index (χ0v) is 23.2. The number of amides is 1. The topological polar surface area (TPSA) is 103 Å². The monoisotopic (exact) mass is 580 g/mol. The number of aromatic nitrogens is 2. The Kier molecular flexibility index (Phi) is 8.46. The lowest BCUT2D eigenvalue weighted by molar-refractivity contribution is -0.138. The highest BCUT2D eigenvalue weighted by molar-refractivity contribution is 6.04. The third-order valence-electron chi connectivity index (χ3n) is 7.22.